The van der Waals surface area contributed by atoms with Gasteiger partial charge in [0.05, 0.1) is 32.1 Å². The first-order chi connectivity index (χ1) is 12.1. The van der Waals surface area contributed by atoms with Gasteiger partial charge in [-0.1, -0.05) is 11.6 Å². The highest BCUT2D eigenvalue weighted by Crippen LogP contribution is 2.25. The first-order valence-corrected chi connectivity index (χ1v) is 7.94. The second-order valence-corrected chi connectivity index (χ2v) is 5.33. The third-order valence-corrected chi connectivity index (χ3v) is 3.54. The van der Waals surface area contributed by atoms with Crippen LogP contribution in [0.1, 0.15) is 22.8 Å². The second kappa shape index (κ2) is 8.94. The summed E-state index contributed by atoms with van der Waals surface area (Å²) in [4.78, 5) is 12.2. The summed E-state index contributed by atoms with van der Waals surface area (Å²) in [6.45, 7) is 2.42. The van der Waals surface area contributed by atoms with Crippen molar-refractivity contribution < 1.29 is 19.0 Å². The molecular weight excluding hydrogens is 344 g/mol. The molecule has 0 radical (unpaired) electrons. The van der Waals surface area contributed by atoms with Crippen molar-refractivity contribution in [2.45, 2.75) is 6.92 Å². The van der Waals surface area contributed by atoms with E-state index in [4.69, 9.17) is 25.8 Å². The minimum atomic E-state index is -0.384. The Balaban J connectivity index is 2.06. The van der Waals surface area contributed by atoms with Crippen molar-refractivity contribution in [1.29, 1.82) is 0 Å². The number of hydrazone groups is 1. The lowest BCUT2D eigenvalue weighted by molar-refractivity contribution is 0.0954. The first-order valence-electron chi connectivity index (χ1n) is 7.56. The normalized spacial score (nSPS) is 10.6. The molecule has 0 aliphatic heterocycles. The summed E-state index contributed by atoms with van der Waals surface area (Å²) in [5.41, 5.74) is 3.56. The van der Waals surface area contributed by atoms with Crippen LogP contribution in [0, 0.1) is 0 Å². The van der Waals surface area contributed by atoms with Crippen LogP contribution in [-0.2, 0) is 0 Å². The summed E-state index contributed by atoms with van der Waals surface area (Å²) >= 11 is 6.11. The summed E-state index contributed by atoms with van der Waals surface area (Å²) in [7, 11) is 3.04. The molecule has 0 aromatic heterocycles. The average Bonchev–Trinajstić information content (AvgIpc) is 2.63. The molecule has 0 aliphatic rings. The zero-order chi connectivity index (χ0) is 18.2. The molecular formula is C18H19ClN2O4. The Bertz CT molecular complexity index is 755. The number of rotatable bonds is 7. The minimum absolute atomic E-state index is 0.373. The van der Waals surface area contributed by atoms with Crippen molar-refractivity contribution in [2.24, 2.45) is 5.10 Å². The number of methoxy groups -OCH3 is 2. The van der Waals surface area contributed by atoms with Crippen LogP contribution < -0.4 is 19.6 Å². The zero-order valence-electron chi connectivity index (χ0n) is 14.2. The van der Waals surface area contributed by atoms with Gasteiger partial charge in [-0.05, 0) is 42.8 Å². The number of amides is 1. The molecule has 1 amide bonds. The number of benzene rings is 2. The number of hydrogen-bond acceptors (Lipinski definition) is 5. The lowest BCUT2D eigenvalue weighted by Crippen LogP contribution is -2.17. The highest BCUT2D eigenvalue weighted by atomic mass is 35.5. The Morgan fingerprint density at radius 3 is 2.40 bits per heavy atom. The first kappa shape index (κ1) is 18.6. The molecule has 1 N–H and O–H groups in total. The van der Waals surface area contributed by atoms with Gasteiger partial charge < -0.3 is 14.2 Å². The molecule has 2 aromatic carbocycles. The van der Waals surface area contributed by atoms with Gasteiger partial charge in [0.2, 0.25) is 0 Å². The lowest BCUT2D eigenvalue weighted by Gasteiger charge is -2.07. The van der Waals surface area contributed by atoms with Crippen LogP contribution >= 0.6 is 11.6 Å². The summed E-state index contributed by atoms with van der Waals surface area (Å²) in [5.74, 6) is 1.26. The molecule has 0 bridgehead atoms. The number of halogens is 1. The number of ether oxygens (including phenoxy) is 3. The molecule has 0 unspecified atom stereocenters. The van der Waals surface area contributed by atoms with Crippen LogP contribution in [0.3, 0.4) is 0 Å². The monoisotopic (exact) mass is 362 g/mol. The van der Waals surface area contributed by atoms with Crippen LogP contribution in [0.5, 0.6) is 17.2 Å². The highest BCUT2D eigenvalue weighted by molar-refractivity contribution is 6.32. The van der Waals surface area contributed by atoms with Gasteiger partial charge in [-0.3, -0.25) is 4.79 Å². The summed E-state index contributed by atoms with van der Waals surface area (Å²) in [6, 6.07) is 10.1. The number of nitrogens with one attached hydrogen (secondary N) is 1. The molecule has 6 nitrogen and oxygen atoms in total. The summed E-state index contributed by atoms with van der Waals surface area (Å²) in [5, 5.41) is 4.42. The van der Waals surface area contributed by atoms with Crippen molar-refractivity contribution in [1.82, 2.24) is 5.43 Å². The maximum absolute atomic E-state index is 12.2. The maximum Gasteiger partial charge on any atom is 0.271 e. The number of hydrogen-bond donors (Lipinski definition) is 1. The summed E-state index contributed by atoms with van der Waals surface area (Å²) < 4.78 is 15.6. The zero-order valence-corrected chi connectivity index (χ0v) is 15.0. The lowest BCUT2D eigenvalue weighted by atomic mass is 10.2. The number of carbonyl (C=O) groups is 1. The molecule has 0 fully saturated rings. The van der Waals surface area contributed by atoms with Gasteiger partial charge >= 0.3 is 0 Å². The van der Waals surface area contributed by atoms with Crippen molar-refractivity contribution >= 4 is 23.7 Å². The molecule has 25 heavy (non-hydrogen) atoms. The van der Waals surface area contributed by atoms with E-state index in [1.165, 1.54) is 20.4 Å². The van der Waals surface area contributed by atoms with Gasteiger partial charge in [-0.15, -0.1) is 0 Å². The van der Waals surface area contributed by atoms with E-state index in [1.54, 1.807) is 36.4 Å². The molecule has 0 heterocycles. The fourth-order valence-corrected chi connectivity index (χ4v) is 2.28. The average molecular weight is 363 g/mol. The van der Waals surface area contributed by atoms with Crippen molar-refractivity contribution in [3.05, 3.63) is 52.5 Å². The Labute approximate surface area is 151 Å². The van der Waals surface area contributed by atoms with Gasteiger partial charge in [0, 0.05) is 11.6 Å². The number of nitrogens with zero attached hydrogens (tertiary/aromatic N) is 1. The van der Waals surface area contributed by atoms with Gasteiger partial charge in [-0.25, -0.2) is 5.43 Å². The van der Waals surface area contributed by atoms with Gasteiger partial charge in [-0.2, -0.15) is 5.10 Å². The van der Waals surface area contributed by atoms with E-state index >= 15 is 0 Å². The molecule has 2 aromatic rings. The van der Waals surface area contributed by atoms with Gasteiger partial charge in [0.15, 0.2) is 0 Å². The standard InChI is InChI=1S/C18H19ClN2O4/c1-4-25-17-6-5-12(7-16(17)19)11-20-21-18(22)13-8-14(23-2)10-15(9-13)24-3/h5-11H,4H2,1-3H3,(H,21,22). The van der Waals surface area contributed by atoms with E-state index < -0.39 is 0 Å². The molecule has 0 atom stereocenters. The van der Waals surface area contributed by atoms with Crippen molar-refractivity contribution in [3.63, 3.8) is 0 Å². The Morgan fingerprint density at radius 2 is 1.84 bits per heavy atom. The highest BCUT2D eigenvalue weighted by Gasteiger charge is 2.09. The molecule has 132 valence electrons. The van der Waals surface area contributed by atoms with E-state index in [2.05, 4.69) is 10.5 Å². The molecule has 2 rings (SSSR count). The quantitative estimate of drug-likeness (QED) is 0.604. The van der Waals surface area contributed by atoms with Crippen molar-refractivity contribution in [2.75, 3.05) is 20.8 Å². The number of carbonyl (C=O) groups excluding carboxylic acids is 1. The Hall–Kier alpha value is -2.73. The Morgan fingerprint density at radius 1 is 1.16 bits per heavy atom. The Kier molecular flexibility index (Phi) is 6.65. The van der Waals surface area contributed by atoms with Crippen LogP contribution in [0.15, 0.2) is 41.5 Å². The third kappa shape index (κ3) is 5.12. The van der Waals surface area contributed by atoms with E-state index in [0.29, 0.717) is 34.4 Å². The fourth-order valence-electron chi connectivity index (χ4n) is 2.04. The van der Waals surface area contributed by atoms with E-state index in [1.807, 2.05) is 6.92 Å². The van der Waals surface area contributed by atoms with Crippen LogP contribution in [0.25, 0.3) is 0 Å². The van der Waals surface area contributed by atoms with Gasteiger partial charge in [0.25, 0.3) is 5.91 Å². The topological polar surface area (TPSA) is 69.2 Å². The predicted molar refractivity (Wildman–Crippen MR) is 97.2 cm³/mol. The van der Waals surface area contributed by atoms with Crippen LogP contribution in [-0.4, -0.2) is 32.9 Å². The van der Waals surface area contributed by atoms with Gasteiger partial charge in [0.1, 0.15) is 17.2 Å². The SMILES string of the molecule is CCOc1ccc(C=NNC(=O)c2cc(OC)cc(OC)c2)cc1Cl. The van der Waals surface area contributed by atoms with E-state index in [9.17, 15) is 4.79 Å². The minimum Gasteiger partial charge on any atom is -0.497 e. The summed E-state index contributed by atoms with van der Waals surface area (Å²) in [6.07, 6.45) is 1.50. The van der Waals surface area contributed by atoms with E-state index in [-0.39, 0.29) is 5.91 Å². The van der Waals surface area contributed by atoms with E-state index in [0.717, 1.165) is 5.56 Å². The third-order valence-electron chi connectivity index (χ3n) is 3.25. The molecule has 0 saturated heterocycles. The molecule has 0 spiro atoms. The fraction of sp³-hybridized carbons (Fsp3) is 0.222. The van der Waals surface area contributed by atoms with Crippen LogP contribution in [0.2, 0.25) is 5.02 Å². The molecule has 0 aliphatic carbocycles. The smallest absolute Gasteiger partial charge is 0.271 e. The van der Waals surface area contributed by atoms with Crippen LogP contribution in [0.4, 0.5) is 0 Å². The maximum atomic E-state index is 12.2. The largest absolute Gasteiger partial charge is 0.497 e. The molecule has 0 saturated carbocycles. The predicted octanol–water partition coefficient (Wildman–Crippen LogP) is 3.52. The molecule has 7 heteroatoms. The second-order valence-electron chi connectivity index (χ2n) is 4.92. The van der Waals surface area contributed by atoms with Crippen molar-refractivity contribution in [3.8, 4) is 17.2 Å².